The summed E-state index contributed by atoms with van der Waals surface area (Å²) in [7, 11) is 0. The van der Waals surface area contributed by atoms with Gasteiger partial charge in [0.05, 0.1) is 13.2 Å². The molecule has 0 bridgehead atoms. The molecule has 1 saturated heterocycles. The van der Waals surface area contributed by atoms with E-state index in [2.05, 4.69) is 19.7 Å². The quantitative estimate of drug-likeness (QED) is 0.840. The van der Waals surface area contributed by atoms with Gasteiger partial charge in [-0.15, -0.1) is 10.2 Å². The first-order valence-electron chi connectivity index (χ1n) is 8.73. The zero-order valence-electron chi connectivity index (χ0n) is 14.2. The lowest BCUT2D eigenvalue weighted by atomic mass is 10.3. The van der Waals surface area contributed by atoms with E-state index in [4.69, 9.17) is 4.74 Å². The van der Waals surface area contributed by atoms with E-state index >= 15 is 0 Å². The fraction of sp³-hybridized carbons (Fsp3) is 0.529. The number of likely N-dealkylation sites (tertiary alicyclic amines) is 1. The molecule has 0 aliphatic carbocycles. The van der Waals surface area contributed by atoms with Crippen LogP contribution in [0, 0.1) is 0 Å². The number of urea groups is 1. The van der Waals surface area contributed by atoms with E-state index in [1.807, 2.05) is 21.9 Å². The zero-order valence-corrected chi connectivity index (χ0v) is 14.2. The Labute approximate surface area is 146 Å². The Morgan fingerprint density at radius 2 is 1.96 bits per heavy atom. The Bertz CT molecular complexity index is 726. The lowest BCUT2D eigenvalue weighted by Crippen LogP contribution is -2.45. The minimum absolute atomic E-state index is 0.126. The van der Waals surface area contributed by atoms with Gasteiger partial charge < -0.3 is 19.1 Å². The SMILES string of the molecule is O=C(N1CCCC1)N1CCn2c(COCc3cccnc3)nnc2C1. The molecule has 0 N–H and O–H groups in total. The number of carbonyl (C=O) groups excluding carboxylic acids is 1. The van der Waals surface area contributed by atoms with Crippen molar-refractivity contribution in [3.05, 3.63) is 41.7 Å². The van der Waals surface area contributed by atoms with Gasteiger partial charge >= 0.3 is 6.03 Å². The van der Waals surface area contributed by atoms with Crippen LogP contribution in [0.3, 0.4) is 0 Å². The first kappa shape index (κ1) is 16.0. The second kappa shape index (κ2) is 7.18. The number of carbonyl (C=O) groups is 1. The first-order chi connectivity index (χ1) is 12.3. The van der Waals surface area contributed by atoms with Gasteiger partial charge in [-0.25, -0.2) is 4.79 Å². The molecule has 2 aromatic rings. The van der Waals surface area contributed by atoms with Crippen LogP contribution in [-0.2, 0) is 31.0 Å². The highest BCUT2D eigenvalue weighted by Gasteiger charge is 2.28. The number of amides is 2. The monoisotopic (exact) mass is 342 g/mol. The van der Waals surface area contributed by atoms with Gasteiger partial charge in [-0.1, -0.05) is 6.07 Å². The van der Waals surface area contributed by atoms with E-state index in [0.717, 1.165) is 43.1 Å². The van der Waals surface area contributed by atoms with Crippen molar-refractivity contribution in [2.24, 2.45) is 0 Å². The van der Waals surface area contributed by atoms with Crippen molar-refractivity contribution in [1.82, 2.24) is 29.5 Å². The highest BCUT2D eigenvalue weighted by atomic mass is 16.5. The third kappa shape index (κ3) is 3.48. The zero-order chi connectivity index (χ0) is 17.1. The molecular formula is C17H22N6O2. The third-order valence-corrected chi connectivity index (χ3v) is 4.70. The number of nitrogens with zero attached hydrogens (tertiary/aromatic N) is 6. The molecule has 0 atom stereocenters. The van der Waals surface area contributed by atoms with Crippen molar-refractivity contribution in [3.63, 3.8) is 0 Å². The van der Waals surface area contributed by atoms with Crippen LogP contribution >= 0.6 is 0 Å². The van der Waals surface area contributed by atoms with E-state index in [9.17, 15) is 4.79 Å². The molecule has 0 aromatic carbocycles. The third-order valence-electron chi connectivity index (χ3n) is 4.70. The molecule has 4 rings (SSSR count). The van der Waals surface area contributed by atoms with E-state index in [1.165, 1.54) is 0 Å². The largest absolute Gasteiger partial charge is 0.369 e. The number of ether oxygens (including phenoxy) is 1. The van der Waals surface area contributed by atoms with Crippen LogP contribution in [0.4, 0.5) is 4.79 Å². The molecule has 8 nitrogen and oxygen atoms in total. The number of pyridine rings is 1. The number of fused-ring (bicyclic) bond motifs is 1. The van der Waals surface area contributed by atoms with Gasteiger partial charge in [-0.2, -0.15) is 0 Å². The second-order valence-electron chi connectivity index (χ2n) is 6.44. The summed E-state index contributed by atoms with van der Waals surface area (Å²) in [6, 6.07) is 4.00. The van der Waals surface area contributed by atoms with Crippen molar-refractivity contribution in [2.45, 2.75) is 39.1 Å². The summed E-state index contributed by atoms with van der Waals surface area (Å²) in [5.41, 5.74) is 1.03. The Kier molecular flexibility index (Phi) is 4.60. The maximum Gasteiger partial charge on any atom is 0.320 e. The summed E-state index contributed by atoms with van der Waals surface area (Å²) in [6.45, 7) is 4.57. The lowest BCUT2D eigenvalue weighted by molar-refractivity contribution is 0.0967. The van der Waals surface area contributed by atoms with Gasteiger partial charge in [0.1, 0.15) is 6.61 Å². The molecule has 0 spiro atoms. The lowest BCUT2D eigenvalue weighted by Gasteiger charge is -2.31. The van der Waals surface area contributed by atoms with E-state index < -0.39 is 0 Å². The minimum Gasteiger partial charge on any atom is -0.369 e. The minimum atomic E-state index is 0.126. The summed E-state index contributed by atoms with van der Waals surface area (Å²) in [6.07, 6.45) is 5.75. The van der Waals surface area contributed by atoms with Gasteiger partial charge in [0.25, 0.3) is 0 Å². The molecule has 25 heavy (non-hydrogen) atoms. The molecule has 8 heteroatoms. The average molecular weight is 342 g/mol. The fourth-order valence-corrected chi connectivity index (χ4v) is 3.34. The molecule has 0 radical (unpaired) electrons. The van der Waals surface area contributed by atoms with Crippen LogP contribution in [0.2, 0.25) is 0 Å². The van der Waals surface area contributed by atoms with Gasteiger partial charge in [0.15, 0.2) is 11.6 Å². The topological polar surface area (TPSA) is 76.4 Å². The van der Waals surface area contributed by atoms with Gasteiger partial charge in [-0.05, 0) is 24.5 Å². The predicted octanol–water partition coefficient (Wildman–Crippen LogP) is 1.42. The fourth-order valence-electron chi connectivity index (χ4n) is 3.34. The molecule has 2 amide bonds. The van der Waals surface area contributed by atoms with Crippen molar-refractivity contribution in [1.29, 1.82) is 0 Å². The summed E-state index contributed by atoms with van der Waals surface area (Å²) in [4.78, 5) is 20.4. The Balaban J connectivity index is 1.34. The van der Waals surface area contributed by atoms with Crippen molar-refractivity contribution in [2.75, 3.05) is 19.6 Å². The molecule has 0 saturated carbocycles. The van der Waals surface area contributed by atoms with Crippen molar-refractivity contribution < 1.29 is 9.53 Å². The van der Waals surface area contributed by atoms with E-state index in [0.29, 0.717) is 32.8 Å². The van der Waals surface area contributed by atoms with Crippen LogP contribution in [0.5, 0.6) is 0 Å². The van der Waals surface area contributed by atoms with Crippen LogP contribution in [0.25, 0.3) is 0 Å². The predicted molar refractivity (Wildman–Crippen MR) is 89.4 cm³/mol. The molecule has 4 heterocycles. The van der Waals surface area contributed by atoms with Crippen LogP contribution in [0.1, 0.15) is 30.1 Å². The van der Waals surface area contributed by atoms with Crippen molar-refractivity contribution >= 4 is 6.03 Å². The van der Waals surface area contributed by atoms with Crippen LogP contribution in [-0.4, -0.2) is 55.2 Å². The van der Waals surface area contributed by atoms with Gasteiger partial charge in [-0.3, -0.25) is 4.98 Å². The first-order valence-corrected chi connectivity index (χ1v) is 8.73. The average Bonchev–Trinajstić information content (AvgIpc) is 3.32. The molecule has 132 valence electrons. The van der Waals surface area contributed by atoms with Gasteiger partial charge in [0, 0.05) is 38.6 Å². The maximum atomic E-state index is 12.5. The summed E-state index contributed by atoms with van der Waals surface area (Å²) in [5, 5.41) is 8.49. The Morgan fingerprint density at radius 1 is 1.08 bits per heavy atom. The smallest absolute Gasteiger partial charge is 0.320 e. The molecular weight excluding hydrogens is 320 g/mol. The van der Waals surface area contributed by atoms with Crippen molar-refractivity contribution in [3.8, 4) is 0 Å². The molecule has 1 fully saturated rings. The number of aromatic nitrogens is 4. The number of hydrogen-bond acceptors (Lipinski definition) is 5. The van der Waals surface area contributed by atoms with Crippen LogP contribution < -0.4 is 0 Å². The van der Waals surface area contributed by atoms with E-state index in [1.54, 1.807) is 12.4 Å². The Hall–Kier alpha value is -2.48. The second-order valence-corrected chi connectivity index (χ2v) is 6.44. The molecule has 2 aliphatic rings. The highest BCUT2D eigenvalue weighted by molar-refractivity contribution is 5.74. The molecule has 2 aliphatic heterocycles. The number of rotatable bonds is 4. The van der Waals surface area contributed by atoms with E-state index in [-0.39, 0.29) is 6.03 Å². The molecule has 2 aromatic heterocycles. The Morgan fingerprint density at radius 3 is 2.76 bits per heavy atom. The summed E-state index contributed by atoms with van der Waals surface area (Å²) < 4.78 is 7.80. The standard InChI is InChI=1S/C17H22N6O2/c24-17(21-6-1-2-7-21)22-8-9-23-15(11-22)19-20-16(23)13-25-12-14-4-3-5-18-10-14/h3-5,10H,1-2,6-9,11-13H2. The maximum absolute atomic E-state index is 12.5. The van der Waals surface area contributed by atoms with Crippen LogP contribution in [0.15, 0.2) is 24.5 Å². The normalized spacial score (nSPS) is 17.0. The van der Waals surface area contributed by atoms with Gasteiger partial charge in [0.2, 0.25) is 0 Å². The number of hydrogen-bond donors (Lipinski definition) is 0. The summed E-state index contributed by atoms with van der Waals surface area (Å²) in [5.74, 6) is 1.64. The highest BCUT2D eigenvalue weighted by Crippen LogP contribution is 2.17. The molecule has 0 unspecified atom stereocenters. The summed E-state index contributed by atoms with van der Waals surface area (Å²) >= 11 is 0.